The molecule has 0 bridgehead atoms. The van der Waals surface area contributed by atoms with Crippen LogP contribution >= 0.6 is 0 Å². The minimum Gasteiger partial charge on any atom is -0.251 e. The Bertz CT molecular complexity index is 846. The molecule has 0 aromatic heterocycles. The molecule has 0 spiro atoms. The van der Waals surface area contributed by atoms with Gasteiger partial charge in [0.05, 0.1) is 11.4 Å². The Labute approximate surface area is 168 Å². The van der Waals surface area contributed by atoms with Gasteiger partial charge in [0.15, 0.2) is 0 Å². The molecule has 0 N–H and O–H groups in total. The normalized spacial score (nSPS) is 12.2. The molecule has 0 saturated carbocycles. The molecule has 3 aromatic rings. The average molecular weight is 369 g/mol. The molecular formula is C26H28N2. The van der Waals surface area contributed by atoms with Gasteiger partial charge in [-0.3, -0.25) is 9.98 Å². The second-order valence-electron chi connectivity index (χ2n) is 6.84. The van der Waals surface area contributed by atoms with E-state index in [-0.39, 0.29) is 0 Å². The molecule has 0 aliphatic heterocycles. The van der Waals surface area contributed by atoms with Crippen LogP contribution in [0.3, 0.4) is 0 Å². The average Bonchev–Trinajstić information content (AvgIpc) is 2.75. The maximum absolute atomic E-state index is 5.03. The van der Waals surface area contributed by atoms with Gasteiger partial charge in [-0.05, 0) is 36.1 Å². The van der Waals surface area contributed by atoms with Crippen molar-refractivity contribution >= 4 is 22.8 Å². The zero-order valence-electron chi connectivity index (χ0n) is 16.8. The topological polar surface area (TPSA) is 24.7 Å². The molecule has 2 heteroatoms. The minimum absolute atomic E-state index is 0.930. The van der Waals surface area contributed by atoms with Gasteiger partial charge in [0.2, 0.25) is 0 Å². The van der Waals surface area contributed by atoms with Gasteiger partial charge >= 0.3 is 0 Å². The Kier molecular flexibility index (Phi) is 7.31. The van der Waals surface area contributed by atoms with E-state index in [0.29, 0.717) is 0 Å². The number of para-hydroxylation sites is 2. The van der Waals surface area contributed by atoms with E-state index in [1.54, 1.807) is 0 Å². The maximum atomic E-state index is 5.03. The molecule has 2 nitrogen and oxygen atoms in total. The second kappa shape index (κ2) is 10.4. The molecule has 28 heavy (non-hydrogen) atoms. The lowest BCUT2D eigenvalue weighted by Crippen LogP contribution is -2.01. The molecule has 0 radical (unpaired) electrons. The van der Waals surface area contributed by atoms with Gasteiger partial charge in [-0.2, -0.15) is 0 Å². The minimum atomic E-state index is 0.930. The molecule has 0 atom stereocenters. The molecule has 3 aromatic carbocycles. The Morgan fingerprint density at radius 2 is 0.893 bits per heavy atom. The zero-order chi connectivity index (χ0) is 19.6. The Morgan fingerprint density at radius 3 is 1.25 bits per heavy atom. The summed E-state index contributed by atoms with van der Waals surface area (Å²) < 4.78 is 0. The van der Waals surface area contributed by atoms with Crippen LogP contribution < -0.4 is 0 Å². The predicted octanol–water partition coefficient (Wildman–Crippen LogP) is 7.53. The van der Waals surface area contributed by atoms with Crippen LogP contribution in [0.5, 0.6) is 0 Å². The van der Waals surface area contributed by atoms with E-state index >= 15 is 0 Å². The van der Waals surface area contributed by atoms with Crippen molar-refractivity contribution in [3.63, 3.8) is 0 Å². The largest absolute Gasteiger partial charge is 0.251 e. The number of hydrogen-bond donors (Lipinski definition) is 0. The standard InChI is InChI=1S/C26H28N2/c1-3-13-23(21-15-7-5-8-16-21)27-25-19-11-12-20-26(25)28-24(14-4-2)22-17-9-6-10-18-22/h5-12,15-20H,3-4,13-14H2,1-2H3. The van der Waals surface area contributed by atoms with Crippen LogP contribution in [0, 0.1) is 0 Å². The lowest BCUT2D eigenvalue weighted by molar-refractivity contribution is 0.990. The highest BCUT2D eigenvalue weighted by Gasteiger charge is 2.08. The van der Waals surface area contributed by atoms with E-state index in [1.165, 1.54) is 11.1 Å². The molecule has 0 aliphatic rings. The van der Waals surface area contributed by atoms with Crippen molar-refractivity contribution in [2.75, 3.05) is 0 Å². The third kappa shape index (κ3) is 5.26. The van der Waals surface area contributed by atoms with E-state index in [0.717, 1.165) is 48.5 Å². The van der Waals surface area contributed by atoms with Gasteiger partial charge < -0.3 is 0 Å². The van der Waals surface area contributed by atoms with Crippen LogP contribution in [0.15, 0.2) is 94.9 Å². The van der Waals surface area contributed by atoms with E-state index in [9.17, 15) is 0 Å². The lowest BCUT2D eigenvalue weighted by atomic mass is 10.1. The summed E-state index contributed by atoms with van der Waals surface area (Å²) >= 11 is 0. The highest BCUT2D eigenvalue weighted by Crippen LogP contribution is 2.30. The van der Waals surface area contributed by atoms with Crippen molar-refractivity contribution in [2.45, 2.75) is 39.5 Å². The molecule has 0 heterocycles. The first kappa shape index (κ1) is 19.8. The first-order chi connectivity index (χ1) is 13.8. The summed E-state index contributed by atoms with van der Waals surface area (Å²) in [6, 6.07) is 29.1. The predicted molar refractivity (Wildman–Crippen MR) is 122 cm³/mol. The van der Waals surface area contributed by atoms with Crippen molar-refractivity contribution in [3.8, 4) is 0 Å². The number of benzene rings is 3. The van der Waals surface area contributed by atoms with Crippen LogP contribution in [0.1, 0.15) is 50.7 Å². The van der Waals surface area contributed by atoms with E-state index < -0.39 is 0 Å². The fraction of sp³-hybridized carbons (Fsp3) is 0.231. The summed E-state index contributed by atoms with van der Waals surface area (Å²) in [6.07, 6.45) is 4.01. The van der Waals surface area contributed by atoms with Gasteiger partial charge in [0.1, 0.15) is 0 Å². The number of hydrogen-bond acceptors (Lipinski definition) is 2. The van der Waals surface area contributed by atoms with Gasteiger partial charge in [-0.15, -0.1) is 0 Å². The Balaban J connectivity index is 2.04. The molecule has 0 unspecified atom stereocenters. The van der Waals surface area contributed by atoms with Crippen LogP contribution in [-0.2, 0) is 0 Å². The van der Waals surface area contributed by atoms with Gasteiger partial charge in [0.25, 0.3) is 0 Å². The van der Waals surface area contributed by atoms with E-state index in [2.05, 4.69) is 74.5 Å². The third-order valence-electron chi connectivity index (χ3n) is 4.58. The fourth-order valence-electron chi connectivity index (χ4n) is 3.21. The van der Waals surface area contributed by atoms with Crippen molar-refractivity contribution in [1.29, 1.82) is 0 Å². The smallest absolute Gasteiger partial charge is 0.0889 e. The van der Waals surface area contributed by atoms with Crippen LogP contribution in [0.2, 0.25) is 0 Å². The SMILES string of the molecule is CCCC(=Nc1ccccc1N=C(CCC)c1ccccc1)c1ccccc1. The first-order valence-electron chi connectivity index (χ1n) is 10.2. The summed E-state index contributed by atoms with van der Waals surface area (Å²) in [7, 11) is 0. The summed E-state index contributed by atoms with van der Waals surface area (Å²) in [4.78, 5) is 10.1. The second-order valence-corrected chi connectivity index (χ2v) is 6.84. The highest BCUT2D eigenvalue weighted by molar-refractivity contribution is 6.04. The van der Waals surface area contributed by atoms with Crippen molar-refractivity contribution < 1.29 is 0 Å². The number of aliphatic imine (C=N–C) groups is 2. The van der Waals surface area contributed by atoms with Crippen LogP contribution in [-0.4, -0.2) is 11.4 Å². The third-order valence-corrected chi connectivity index (χ3v) is 4.58. The highest BCUT2D eigenvalue weighted by atomic mass is 14.8. The van der Waals surface area contributed by atoms with Crippen LogP contribution in [0.25, 0.3) is 0 Å². The van der Waals surface area contributed by atoms with Crippen molar-refractivity contribution in [3.05, 3.63) is 96.1 Å². The summed E-state index contributed by atoms with van der Waals surface area (Å²) in [6.45, 7) is 4.38. The monoisotopic (exact) mass is 368 g/mol. The molecule has 0 aliphatic carbocycles. The Hall–Kier alpha value is -3.00. The summed E-state index contributed by atoms with van der Waals surface area (Å²) in [5, 5.41) is 0. The number of rotatable bonds is 8. The quantitative estimate of drug-likeness (QED) is 0.367. The molecule has 0 amide bonds. The summed E-state index contributed by atoms with van der Waals surface area (Å²) in [5.74, 6) is 0. The molecule has 0 fully saturated rings. The van der Waals surface area contributed by atoms with Crippen LogP contribution in [0.4, 0.5) is 11.4 Å². The van der Waals surface area contributed by atoms with E-state index in [4.69, 9.17) is 9.98 Å². The lowest BCUT2D eigenvalue weighted by Gasteiger charge is -2.10. The Morgan fingerprint density at radius 1 is 0.536 bits per heavy atom. The van der Waals surface area contributed by atoms with Crippen molar-refractivity contribution in [1.82, 2.24) is 0 Å². The molecule has 142 valence electrons. The fourth-order valence-corrected chi connectivity index (χ4v) is 3.21. The molecule has 3 rings (SSSR count). The van der Waals surface area contributed by atoms with Crippen molar-refractivity contribution in [2.24, 2.45) is 9.98 Å². The van der Waals surface area contributed by atoms with E-state index in [1.807, 2.05) is 24.3 Å². The molecule has 0 saturated heterocycles. The maximum Gasteiger partial charge on any atom is 0.0889 e. The van der Waals surface area contributed by atoms with Gasteiger partial charge in [-0.1, -0.05) is 99.5 Å². The first-order valence-corrected chi connectivity index (χ1v) is 10.2. The molecular weight excluding hydrogens is 340 g/mol. The zero-order valence-corrected chi connectivity index (χ0v) is 16.8. The number of nitrogens with zero attached hydrogens (tertiary/aromatic N) is 2. The van der Waals surface area contributed by atoms with Gasteiger partial charge in [0, 0.05) is 11.4 Å². The van der Waals surface area contributed by atoms with Gasteiger partial charge in [-0.25, -0.2) is 0 Å². The summed E-state index contributed by atoms with van der Waals surface area (Å²) in [5.41, 5.74) is 6.45.